The molecule has 1 aliphatic rings. The summed E-state index contributed by atoms with van der Waals surface area (Å²) in [6.07, 6.45) is 24.1. The van der Waals surface area contributed by atoms with Gasteiger partial charge in [-0.05, 0) is 102 Å². The van der Waals surface area contributed by atoms with E-state index in [1.807, 2.05) is 0 Å². The molecule has 0 atom stereocenters. The van der Waals surface area contributed by atoms with Gasteiger partial charge >= 0.3 is 0 Å². The van der Waals surface area contributed by atoms with Crippen LogP contribution in [0.25, 0.3) is 27.5 Å². The van der Waals surface area contributed by atoms with Crippen molar-refractivity contribution in [3.8, 4) is 11.1 Å². The van der Waals surface area contributed by atoms with E-state index >= 15 is 0 Å². The van der Waals surface area contributed by atoms with E-state index in [1.54, 1.807) is 0 Å². The zero-order chi connectivity index (χ0) is 29.1. The van der Waals surface area contributed by atoms with Crippen LogP contribution in [0.4, 0.5) is 5.69 Å². The highest BCUT2D eigenvalue weighted by molar-refractivity contribution is 5.96. The zero-order valence-electron chi connectivity index (χ0n) is 25.1. The van der Waals surface area contributed by atoms with E-state index in [9.17, 15) is 0 Å². The van der Waals surface area contributed by atoms with Crippen molar-refractivity contribution in [3.05, 3.63) is 168 Å². The molecule has 4 aromatic carbocycles. The molecular weight excluding hydrogens is 506 g/mol. The number of fused-ring (bicyclic) bond motifs is 1. The van der Waals surface area contributed by atoms with E-state index in [0.29, 0.717) is 0 Å². The summed E-state index contributed by atoms with van der Waals surface area (Å²) in [5.74, 6) is 0. The maximum atomic E-state index is 2.41. The zero-order valence-corrected chi connectivity index (χ0v) is 25.1. The molecule has 0 fully saturated rings. The highest BCUT2D eigenvalue weighted by Gasteiger charge is 2.16. The molecule has 210 valence electrons. The van der Waals surface area contributed by atoms with Gasteiger partial charge in [0.1, 0.15) is 0 Å². The maximum Gasteiger partial charge on any atom is 0.0458 e. The molecular formula is C41H41N. The lowest BCUT2D eigenvalue weighted by Gasteiger charge is -2.30. The van der Waals surface area contributed by atoms with Crippen LogP contribution in [0.3, 0.4) is 0 Å². The molecule has 1 nitrogen and oxygen atoms in total. The summed E-state index contributed by atoms with van der Waals surface area (Å²) in [6, 6.07) is 33.1. The normalized spacial score (nSPS) is 14.2. The molecule has 4 aromatic rings. The molecule has 0 bridgehead atoms. The molecule has 0 radical (unpaired) electrons. The topological polar surface area (TPSA) is 3.24 Å². The van der Waals surface area contributed by atoms with Crippen molar-refractivity contribution in [2.24, 2.45) is 0 Å². The molecule has 42 heavy (non-hydrogen) atoms. The van der Waals surface area contributed by atoms with Crippen LogP contribution in [0.2, 0.25) is 0 Å². The van der Waals surface area contributed by atoms with E-state index < -0.39 is 0 Å². The third-order valence-electron chi connectivity index (χ3n) is 7.81. The van der Waals surface area contributed by atoms with Crippen molar-refractivity contribution in [2.45, 2.75) is 46.5 Å². The van der Waals surface area contributed by atoms with Crippen LogP contribution in [0.1, 0.15) is 51.2 Å². The first-order chi connectivity index (χ1) is 20.7. The minimum atomic E-state index is 0.881. The van der Waals surface area contributed by atoms with Crippen molar-refractivity contribution >= 4 is 22.0 Å². The standard InChI is InChI=1S/C41H41N/c1-4-7-18-33(5-2)36-21-13-16-32(31-36)17-14-24-37(6-3)42(38-22-9-8-10-23-38)39-29-27-35(28-30-39)41-26-15-20-34-19-11-12-25-40(34)41/h5-9,11-16,18-22,24-31H,4,10,17,23H2,1-3H3/b18-7-,24-14-,33-5+,37-6+. The number of allylic oxidation sites excluding steroid dienone is 11. The van der Waals surface area contributed by atoms with E-state index in [1.165, 1.54) is 55.7 Å². The molecule has 0 aromatic heterocycles. The van der Waals surface area contributed by atoms with Gasteiger partial charge in [0.25, 0.3) is 0 Å². The molecule has 0 unspecified atom stereocenters. The van der Waals surface area contributed by atoms with Crippen LogP contribution in [-0.2, 0) is 6.42 Å². The summed E-state index contributed by atoms with van der Waals surface area (Å²) in [7, 11) is 0. The van der Waals surface area contributed by atoms with E-state index in [0.717, 1.165) is 25.7 Å². The minimum Gasteiger partial charge on any atom is -0.315 e. The maximum absolute atomic E-state index is 2.41. The van der Waals surface area contributed by atoms with Gasteiger partial charge in [-0.15, -0.1) is 0 Å². The largest absolute Gasteiger partial charge is 0.315 e. The van der Waals surface area contributed by atoms with Crippen molar-refractivity contribution in [3.63, 3.8) is 0 Å². The first kappa shape index (κ1) is 28.9. The molecule has 5 rings (SSSR count). The Bertz CT molecular complexity index is 1680. The van der Waals surface area contributed by atoms with Gasteiger partial charge in [-0.25, -0.2) is 0 Å². The third kappa shape index (κ3) is 6.81. The molecule has 1 aliphatic carbocycles. The lowest BCUT2D eigenvalue weighted by Crippen LogP contribution is -2.21. The van der Waals surface area contributed by atoms with Crippen molar-refractivity contribution < 1.29 is 0 Å². The van der Waals surface area contributed by atoms with Gasteiger partial charge in [-0.2, -0.15) is 0 Å². The Labute approximate surface area is 252 Å². The molecule has 0 N–H and O–H groups in total. The summed E-state index contributed by atoms with van der Waals surface area (Å²) >= 11 is 0. The second kappa shape index (κ2) is 14.3. The fraction of sp³-hybridized carbons (Fsp3) is 0.171. The number of rotatable bonds is 10. The van der Waals surface area contributed by atoms with Gasteiger partial charge in [0.05, 0.1) is 0 Å². The Kier molecular flexibility index (Phi) is 9.86. The molecule has 0 saturated carbocycles. The summed E-state index contributed by atoms with van der Waals surface area (Å²) in [5, 5.41) is 2.56. The average molecular weight is 548 g/mol. The molecule has 0 amide bonds. The second-order valence-electron chi connectivity index (χ2n) is 10.6. The SMILES string of the molecule is C/C=C(\C=C/CC)c1cccc(C/C=C\C(=C/C)N(C2=CC=CCC2)c2ccc(-c3cccc4ccccc34)cc2)c1. The van der Waals surface area contributed by atoms with Gasteiger partial charge in [0, 0.05) is 17.1 Å². The third-order valence-corrected chi connectivity index (χ3v) is 7.81. The predicted octanol–water partition coefficient (Wildman–Crippen LogP) is 11.6. The van der Waals surface area contributed by atoms with E-state index in [4.69, 9.17) is 0 Å². The molecule has 0 saturated heterocycles. The van der Waals surface area contributed by atoms with Crippen LogP contribution in [0.5, 0.6) is 0 Å². The fourth-order valence-corrected chi connectivity index (χ4v) is 5.62. The average Bonchev–Trinajstić information content (AvgIpc) is 3.05. The molecule has 0 aliphatic heterocycles. The van der Waals surface area contributed by atoms with Gasteiger partial charge in [0.15, 0.2) is 0 Å². The number of anilines is 1. The Morgan fingerprint density at radius 2 is 1.62 bits per heavy atom. The molecule has 0 heterocycles. The lowest BCUT2D eigenvalue weighted by atomic mass is 9.98. The molecule has 0 spiro atoms. The summed E-state index contributed by atoms with van der Waals surface area (Å²) in [6.45, 7) is 6.42. The van der Waals surface area contributed by atoms with E-state index in [2.05, 4.69) is 171 Å². The Balaban J connectivity index is 1.41. The highest BCUT2D eigenvalue weighted by atomic mass is 15.2. The van der Waals surface area contributed by atoms with Crippen LogP contribution in [0.15, 0.2) is 157 Å². The van der Waals surface area contributed by atoms with Crippen molar-refractivity contribution in [2.75, 3.05) is 4.90 Å². The monoisotopic (exact) mass is 547 g/mol. The summed E-state index contributed by atoms with van der Waals surface area (Å²) in [4.78, 5) is 2.41. The van der Waals surface area contributed by atoms with Crippen LogP contribution in [0, 0.1) is 0 Å². The fourth-order valence-electron chi connectivity index (χ4n) is 5.62. The summed E-state index contributed by atoms with van der Waals surface area (Å²) in [5.41, 5.74) is 10.0. The van der Waals surface area contributed by atoms with Gasteiger partial charge < -0.3 is 4.90 Å². The van der Waals surface area contributed by atoms with Crippen molar-refractivity contribution in [1.29, 1.82) is 0 Å². The Morgan fingerprint density at radius 1 is 0.810 bits per heavy atom. The first-order valence-corrected chi connectivity index (χ1v) is 15.2. The minimum absolute atomic E-state index is 0.881. The Hall–Kier alpha value is -4.62. The number of benzene rings is 4. The quantitative estimate of drug-likeness (QED) is 0.178. The Morgan fingerprint density at radius 3 is 2.38 bits per heavy atom. The lowest BCUT2D eigenvalue weighted by molar-refractivity contribution is 0.900. The van der Waals surface area contributed by atoms with E-state index in [-0.39, 0.29) is 0 Å². The smallest absolute Gasteiger partial charge is 0.0458 e. The summed E-state index contributed by atoms with van der Waals surface area (Å²) < 4.78 is 0. The van der Waals surface area contributed by atoms with Gasteiger partial charge in [-0.1, -0.05) is 128 Å². The van der Waals surface area contributed by atoms with Crippen LogP contribution in [-0.4, -0.2) is 0 Å². The van der Waals surface area contributed by atoms with Crippen LogP contribution < -0.4 is 4.90 Å². The van der Waals surface area contributed by atoms with Gasteiger partial charge in [-0.3, -0.25) is 0 Å². The predicted molar refractivity (Wildman–Crippen MR) is 184 cm³/mol. The highest BCUT2D eigenvalue weighted by Crippen LogP contribution is 2.34. The second-order valence-corrected chi connectivity index (χ2v) is 10.6. The van der Waals surface area contributed by atoms with Gasteiger partial charge in [0.2, 0.25) is 0 Å². The first-order valence-electron chi connectivity index (χ1n) is 15.2. The number of hydrogen-bond donors (Lipinski definition) is 0. The van der Waals surface area contributed by atoms with Crippen molar-refractivity contribution in [1.82, 2.24) is 0 Å². The number of hydrogen-bond acceptors (Lipinski definition) is 1. The van der Waals surface area contributed by atoms with Crippen LogP contribution >= 0.6 is 0 Å². The number of nitrogens with zero attached hydrogens (tertiary/aromatic N) is 1. The molecule has 1 heteroatoms.